The lowest BCUT2D eigenvalue weighted by molar-refractivity contribution is -0.147. The summed E-state index contributed by atoms with van der Waals surface area (Å²) in [7, 11) is 0. The minimum Gasteiger partial charge on any atom is -0.464 e. The molecular formula is C42H76BrNO5. The van der Waals surface area contributed by atoms with Gasteiger partial charge in [-0.2, -0.15) is 0 Å². The summed E-state index contributed by atoms with van der Waals surface area (Å²) in [5.41, 5.74) is 0. The highest BCUT2D eigenvalue weighted by Crippen LogP contribution is 2.12. The van der Waals surface area contributed by atoms with Crippen LogP contribution in [0.3, 0.4) is 0 Å². The van der Waals surface area contributed by atoms with Crippen LogP contribution in [0.25, 0.3) is 0 Å². The first-order valence-corrected chi connectivity index (χ1v) is 21.6. The molecule has 0 heterocycles. The lowest BCUT2D eigenvalue weighted by atomic mass is 10.1. The van der Waals surface area contributed by atoms with Crippen LogP contribution in [0.15, 0.2) is 24.3 Å². The summed E-state index contributed by atoms with van der Waals surface area (Å²) in [5, 5.41) is 0.179. The van der Waals surface area contributed by atoms with Crippen molar-refractivity contribution in [3.8, 4) is 0 Å². The van der Waals surface area contributed by atoms with E-state index in [4.69, 9.17) is 9.47 Å². The van der Waals surface area contributed by atoms with Gasteiger partial charge in [-0.25, -0.2) is 0 Å². The van der Waals surface area contributed by atoms with Crippen molar-refractivity contribution in [2.45, 2.75) is 194 Å². The Morgan fingerprint density at radius 3 is 1.10 bits per heavy atom. The van der Waals surface area contributed by atoms with Crippen molar-refractivity contribution in [1.82, 2.24) is 4.90 Å². The van der Waals surface area contributed by atoms with Crippen LogP contribution < -0.4 is 0 Å². The molecule has 0 rings (SSSR count). The molecule has 0 aromatic carbocycles. The molecule has 286 valence electrons. The van der Waals surface area contributed by atoms with Crippen LogP contribution in [-0.4, -0.2) is 54.4 Å². The number of carbonyl (C=O) groups is 3. The SMILES string of the molecule is CCCCCCCCC=CCCCCCCCC(=O)OCCN(CCOC(=O)CCCCCCCC=CCCCCCCCC)C(=O)CBr. The third-order valence-electron chi connectivity index (χ3n) is 9.00. The first-order chi connectivity index (χ1) is 24.0. The lowest BCUT2D eigenvalue weighted by Gasteiger charge is -2.21. The zero-order valence-electron chi connectivity index (χ0n) is 32.0. The Bertz CT molecular complexity index is 757. The molecule has 1 amide bonds. The highest BCUT2D eigenvalue weighted by atomic mass is 79.9. The number of hydrogen-bond donors (Lipinski definition) is 0. The summed E-state index contributed by atoms with van der Waals surface area (Å²) < 4.78 is 10.8. The Morgan fingerprint density at radius 1 is 0.469 bits per heavy atom. The molecule has 0 unspecified atom stereocenters. The quantitative estimate of drug-likeness (QED) is 0.0273. The van der Waals surface area contributed by atoms with Gasteiger partial charge in [-0.15, -0.1) is 0 Å². The van der Waals surface area contributed by atoms with Gasteiger partial charge in [0.25, 0.3) is 0 Å². The van der Waals surface area contributed by atoms with E-state index in [9.17, 15) is 14.4 Å². The maximum Gasteiger partial charge on any atom is 0.305 e. The number of unbranched alkanes of at least 4 members (excludes halogenated alkanes) is 22. The molecule has 0 radical (unpaired) electrons. The summed E-state index contributed by atoms with van der Waals surface area (Å²) in [6.07, 6.45) is 42.0. The molecule has 0 aliphatic rings. The van der Waals surface area contributed by atoms with Crippen molar-refractivity contribution in [3.05, 3.63) is 24.3 Å². The fraction of sp³-hybridized carbons (Fsp3) is 0.833. The van der Waals surface area contributed by atoms with Crippen LogP contribution in [0.4, 0.5) is 0 Å². The van der Waals surface area contributed by atoms with E-state index in [-0.39, 0.29) is 36.4 Å². The Labute approximate surface area is 311 Å². The molecule has 0 spiro atoms. The molecular weight excluding hydrogens is 678 g/mol. The average Bonchev–Trinajstić information content (AvgIpc) is 3.10. The van der Waals surface area contributed by atoms with Crippen molar-refractivity contribution in [2.24, 2.45) is 0 Å². The molecule has 0 aliphatic carbocycles. The molecule has 7 heteroatoms. The van der Waals surface area contributed by atoms with Crippen LogP contribution in [0.1, 0.15) is 194 Å². The highest BCUT2D eigenvalue weighted by molar-refractivity contribution is 9.09. The average molecular weight is 755 g/mol. The third kappa shape index (κ3) is 36.0. The van der Waals surface area contributed by atoms with Crippen LogP contribution in [0.2, 0.25) is 0 Å². The van der Waals surface area contributed by atoms with E-state index in [1.54, 1.807) is 4.90 Å². The molecule has 0 N–H and O–H groups in total. The molecule has 0 aromatic heterocycles. The predicted octanol–water partition coefficient (Wildman–Crippen LogP) is 12.4. The molecule has 0 atom stereocenters. The smallest absolute Gasteiger partial charge is 0.305 e. The van der Waals surface area contributed by atoms with E-state index in [0.29, 0.717) is 25.9 Å². The van der Waals surface area contributed by atoms with Crippen molar-refractivity contribution in [1.29, 1.82) is 0 Å². The van der Waals surface area contributed by atoms with Gasteiger partial charge in [0.2, 0.25) is 5.91 Å². The number of rotatable bonds is 37. The van der Waals surface area contributed by atoms with E-state index in [2.05, 4.69) is 54.1 Å². The zero-order chi connectivity index (χ0) is 35.9. The normalized spacial score (nSPS) is 11.5. The lowest BCUT2D eigenvalue weighted by Crippen LogP contribution is -2.38. The number of halogens is 1. The number of amides is 1. The van der Waals surface area contributed by atoms with Gasteiger partial charge < -0.3 is 14.4 Å². The number of hydrogen-bond acceptors (Lipinski definition) is 5. The Hall–Kier alpha value is -1.63. The summed E-state index contributed by atoms with van der Waals surface area (Å²) in [6.45, 7) is 5.43. The molecule has 0 bridgehead atoms. The predicted molar refractivity (Wildman–Crippen MR) is 211 cm³/mol. The van der Waals surface area contributed by atoms with Gasteiger partial charge in [-0.05, 0) is 64.2 Å². The molecule has 0 fully saturated rings. The molecule has 49 heavy (non-hydrogen) atoms. The second-order valence-electron chi connectivity index (χ2n) is 13.6. The third-order valence-corrected chi connectivity index (χ3v) is 9.48. The first kappa shape index (κ1) is 47.4. The summed E-state index contributed by atoms with van der Waals surface area (Å²) in [4.78, 5) is 38.2. The molecule has 0 aliphatic heterocycles. The summed E-state index contributed by atoms with van der Waals surface area (Å²) >= 11 is 3.22. The second-order valence-corrected chi connectivity index (χ2v) is 14.2. The van der Waals surface area contributed by atoms with Gasteiger partial charge in [-0.1, -0.05) is 157 Å². The fourth-order valence-electron chi connectivity index (χ4n) is 5.81. The van der Waals surface area contributed by atoms with E-state index >= 15 is 0 Å². The monoisotopic (exact) mass is 753 g/mol. The van der Waals surface area contributed by atoms with Crippen LogP contribution in [0.5, 0.6) is 0 Å². The second kappa shape index (κ2) is 39.2. The van der Waals surface area contributed by atoms with Gasteiger partial charge in [-0.3, -0.25) is 14.4 Å². The van der Waals surface area contributed by atoms with E-state index < -0.39 is 0 Å². The number of carbonyl (C=O) groups excluding carboxylic acids is 3. The number of nitrogens with zero attached hydrogens (tertiary/aromatic N) is 1. The minimum atomic E-state index is -0.213. The molecule has 0 saturated heterocycles. The van der Waals surface area contributed by atoms with E-state index in [1.807, 2.05) is 0 Å². The first-order valence-electron chi connectivity index (χ1n) is 20.5. The Morgan fingerprint density at radius 2 is 0.776 bits per heavy atom. The van der Waals surface area contributed by atoms with Crippen LogP contribution in [0, 0.1) is 0 Å². The van der Waals surface area contributed by atoms with Crippen LogP contribution in [-0.2, 0) is 23.9 Å². The number of ether oxygens (including phenoxy) is 2. The standard InChI is InChI=1S/C42H76BrNO5/c1-3-5-7-9-11-13-15-17-19-21-23-25-27-29-31-33-41(46)48-37-35-44(40(45)39-43)36-38-49-42(47)34-32-30-28-26-24-22-20-18-16-14-12-10-8-6-4-2/h17-20H,3-16,21-39H2,1-2H3. The van der Waals surface area contributed by atoms with E-state index in [0.717, 1.165) is 51.4 Å². The van der Waals surface area contributed by atoms with Gasteiger partial charge in [0.1, 0.15) is 13.2 Å². The Kier molecular flexibility index (Phi) is 37.9. The van der Waals surface area contributed by atoms with Gasteiger partial charge >= 0.3 is 11.9 Å². The topological polar surface area (TPSA) is 72.9 Å². The van der Waals surface area contributed by atoms with Gasteiger partial charge in [0.15, 0.2) is 0 Å². The van der Waals surface area contributed by atoms with Crippen molar-refractivity contribution in [2.75, 3.05) is 31.6 Å². The van der Waals surface area contributed by atoms with Gasteiger partial charge in [0, 0.05) is 12.8 Å². The maximum atomic E-state index is 12.3. The number of alkyl halides is 1. The summed E-state index contributed by atoms with van der Waals surface area (Å²) in [5.74, 6) is -0.535. The van der Waals surface area contributed by atoms with Crippen molar-refractivity contribution in [3.63, 3.8) is 0 Å². The summed E-state index contributed by atoms with van der Waals surface area (Å²) in [6, 6.07) is 0. The van der Waals surface area contributed by atoms with Crippen molar-refractivity contribution >= 4 is 33.8 Å². The molecule has 6 nitrogen and oxygen atoms in total. The minimum absolute atomic E-state index is 0.110. The largest absolute Gasteiger partial charge is 0.464 e. The fourth-order valence-corrected chi connectivity index (χ4v) is 6.16. The highest BCUT2D eigenvalue weighted by Gasteiger charge is 2.14. The number of esters is 2. The van der Waals surface area contributed by atoms with Crippen molar-refractivity contribution < 1.29 is 23.9 Å². The number of allylic oxidation sites excluding steroid dienone is 4. The van der Waals surface area contributed by atoms with Crippen LogP contribution >= 0.6 is 15.9 Å². The van der Waals surface area contributed by atoms with E-state index in [1.165, 1.54) is 116 Å². The van der Waals surface area contributed by atoms with Gasteiger partial charge in [0.05, 0.1) is 18.4 Å². The molecule has 0 saturated carbocycles. The Balaban J connectivity index is 3.75. The zero-order valence-corrected chi connectivity index (χ0v) is 33.6. The maximum absolute atomic E-state index is 12.3. The molecule has 0 aromatic rings.